The lowest BCUT2D eigenvalue weighted by atomic mass is 10.0. The van der Waals surface area contributed by atoms with Gasteiger partial charge in [0.05, 0.1) is 4.90 Å². The molecule has 0 heterocycles. The molecule has 0 aliphatic heterocycles. The summed E-state index contributed by atoms with van der Waals surface area (Å²) in [6.45, 7) is 11.7. The van der Waals surface area contributed by atoms with Crippen LogP contribution in [0, 0.1) is 27.7 Å². The number of sulfonamides is 1. The van der Waals surface area contributed by atoms with E-state index in [0.29, 0.717) is 18.0 Å². The Labute approximate surface area is 123 Å². The third-order valence-corrected chi connectivity index (χ3v) is 5.32. The van der Waals surface area contributed by atoms with Crippen LogP contribution < -0.4 is 10.0 Å². The predicted octanol–water partition coefficient (Wildman–Crippen LogP) is 2.20. The molecule has 0 saturated carbocycles. The normalized spacial score (nSPS) is 11.8. The minimum absolute atomic E-state index is 0.411. The first-order valence-corrected chi connectivity index (χ1v) is 8.57. The quantitative estimate of drug-likeness (QED) is 0.759. The Morgan fingerprint density at radius 2 is 1.50 bits per heavy atom. The second-order valence-electron chi connectivity index (χ2n) is 5.24. The van der Waals surface area contributed by atoms with E-state index in [-0.39, 0.29) is 0 Å². The number of rotatable bonds is 7. The molecule has 0 saturated heterocycles. The summed E-state index contributed by atoms with van der Waals surface area (Å²) in [4.78, 5) is 0.436. The number of nitrogens with one attached hydrogen (secondary N) is 2. The smallest absolute Gasteiger partial charge is 0.241 e. The molecule has 0 spiro atoms. The van der Waals surface area contributed by atoms with Crippen LogP contribution in [0.3, 0.4) is 0 Å². The Morgan fingerprint density at radius 3 is 2.00 bits per heavy atom. The molecule has 1 aromatic carbocycles. The highest BCUT2D eigenvalue weighted by atomic mass is 32.2. The highest BCUT2D eigenvalue weighted by Gasteiger charge is 2.21. The lowest BCUT2D eigenvalue weighted by Gasteiger charge is -2.16. The van der Waals surface area contributed by atoms with E-state index in [1.807, 2.05) is 33.8 Å². The van der Waals surface area contributed by atoms with Crippen molar-refractivity contribution in [3.8, 4) is 0 Å². The average Bonchev–Trinajstić information content (AvgIpc) is 2.36. The maximum Gasteiger partial charge on any atom is 0.241 e. The van der Waals surface area contributed by atoms with E-state index < -0.39 is 10.0 Å². The number of benzene rings is 1. The number of hydrogen-bond donors (Lipinski definition) is 2. The van der Waals surface area contributed by atoms with Gasteiger partial charge in [-0.15, -0.1) is 0 Å². The second-order valence-corrected chi connectivity index (χ2v) is 6.94. The zero-order valence-electron chi connectivity index (χ0n) is 13.1. The first-order valence-electron chi connectivity index (χ1n) is 7.09. The molecule has 0 fully saturated rings. The summed E-state index contributed by atoms with van der Waals surface area (Å²) >= 11 is 0. The number of aryl methyl sites for hydroxylation is 2. The molecule has 2 N–H and O–H groups in total. The van der Waals surface area contributed by atoms with Crippen molar-refractivity contribution in [1.29, 1.82) is 0 Å². The van der Waals surface area contributed by atoms with Gasteiger partial charge in [0.25, 0.3) is 0 Å². The standard InChI is InChI=1S/C15H26N2O2S/c1-6-7-16-8-9-17-20(18,19)15-13(4)11(2)10-12(3)14(15)5/h10,16-17H,6-9H2,1-5H3. The highest BCUT2D eigenvalue weighted by Crippen LogP contribution is 2.25. The fraction of sp³-hybridized carbons (Fsp3) is 0.600. The van der Waals surface area contributed by atoms with Crippen LogP contribution in [0.2, 0.25) is 0 Å². The van der Waals surface area contributed by atoms with Crippen molar-refractivity contribution in [2.24, 2.45) is 0 Å². The molecule has 5 heteroatoms. The SMILES string of the molecule is CCCNCCNS(=O)(=O)c1c(C)c(C)cc(C)c1C. The summed E-state index contributed by atoms with van der Waals surface area (Å²) in [7, 11) is -3.44. The third kappa shape index (κ3) is 4.04. The van der Waals surface area contributed by atoms with Crippen LogP contribution in [0.5, 0.6) is 0 Å². The van der Waals surface area contributed by atoms with Crippen molar-refractivity contribution < 1.29 is 8.42 Å². The van der Waals surface area contributed by atoms with Gasteiger partial charge in [0.15, 0.2) is 0 Å². The molecule has 0 radical (unpaired) electrons. The summed E-state index contributed by atoms with van der Waals surface area (Å²) in [6, 6.07) is 2.03. The van der Waals surface area contributed by atoms with E-state index in [4.69, 9.17) is 0 Å². The minimum atomic E-state index is -3.44. The largest absolute Gasteiger partial charge is 0.315 e. The molecule has 1 rings (SSSR count). The topological polar surface area (TPSA) is 58.2 Å². The first kappa shape index (κ1) is 17.1. The molecule has 0 bridgehead atoms. The maximum absolute atomic E-state index is 12.5. The van der Waals surface area contributed by atoms with Gasteiger partial charge in [0.1, 0.15) is 0 Å². The lowest BCUT2D eigenvalue weighted by Crippen LogP contribution is -2.33. The van der Waals surface area contributed by atoms with Crippen LogP contribution in [-0.4, -0.2) is 28.1 Å². The lowest BCUT2D eigenvalue weighted by molar-refractivity contribution is 0.574. The van der Waals surface area contributed by atoms with E-state index >= 15 is 0 Å². The summed E-state index contributed by atoms with van der Waals surface area (Å²) in [5.41, 5.74) is 3.69. The molecular weight excluding hydrogens is 272 g/mol. The Kier molecular flexibility index (Phi) is 6.17. The zero-order valence-corrected chi connectivity index (χ0v) is 13.9. The molecule has 0 atom stereocenters. The van der Waals surface area contributed by atoms with Gasteiger partial charge in [-0.2, -0.15) is 0 Å². The van der Waals surface area contributed by atoms with Gasteiger partial charge in [-0.3, -0.25) is 0 Å². The monoisotopic (exact) mass is 298 g/mol. The van der Waals surface area contributed by atoms with Crippen molar-refractivity contribution in [2.75, 3.05) is 19.6 Å². The van der Waals surface area contributed by atoms with Gasteiger partial charge < -0.3 is 5.32 Å². The van der Waals surface area contributed by atoms with E-state index in [1.54, 1.807) is 0 Å². The Hall–Kier alpha value is -0.910. The van der Waals surface area contributed by atoms with Crippen molar-refractivity contribution in [3.63, 3.8) is 0 Å². The molecule has 4 nitrogen and oxygen atoms in total. The van der Waals surface area contributed by atoms with Crippen molar-refractivity contribution >= 4 is 10.0 Å². The van der Waals surface area contributed by atoms with Gasteiger partial charge in [-0.1, -0.05) is 13.0 Å². The average molecular weight is 298 g/mol. The van der Waals surface area contributed by atoms with E-state index in [1.165, 1.54) is 0 Å². The molecule has 0 aliphatic rings. The fourth-order valence-corrected chi connectivity index (χ4v) is 3.87. The van der Waals surface area contributed by atoms with Gasteiger partial charge in [0.2, 0.25) is 10.0 Å². The molecule has 114 valence electrons. The van der Waals surface area contributed by atoms with Crippen LogP contribution in [0.4, 0.5) is 0 Å². The van der Waals surface area contributed by atoms with E-state index in [2.05, 4.69) is 17.0 Å². The molecule has 0 unspecified atom stereocenters. The maximum atomic E-state index is 12.5. The summed E-state index contributed by atoms with van der Waals surface area (Å²) in [6.07, 6.45) is 1.04. The van der Waals surface area contributed by atoms with Crippen LogP contribution in [0.1, 0.15) is 35.6 Å². The highest BCUT2D eigenvalue weighted by molar-refractivity contribution is 7.89. The van der Waals surface area contributed by atoms with Crippen molar-refractivity contribution in [3.05, 3.63) is 28.3 Å². The van der Waals surface area contributed by atoms with Crippen molar-refractivity contribution in [1.82, 2.24) is 10.0 Å². The molecular formula is C15H26N2O2S. The second kappa shape index (κ2) is 7.20. The summed E-state index contributed by atoms with van der Waals surface area (Å²) < 4.78 is 27.6. The van der Waals surface area contributed by atoms with Gasteiger partial charge in [0, 0.05) is 13.1 Å². The van der Waals surface area contributed by atoms with Crippen molar-refractivity contribution in [2.45, 2.75) is 45.9 Å². The Bertz CT molecular complexity index is 539. The predicted molar refractivity (Wildman–Crippen MR) is 83.7 cm³/mol. The van der Waals surface area contributed by atoms with E-state index in [0.717, 1.165) is 35.2 Å². The van der Waals surface area contributed by atoms with Gasteiger partial charge >= 0.3 is 0 Å². The zero-order chi connectivity index (χ0) is 15.3. The van der Waals surface area contributed by atoms with Crippen LogP contribution in [-0.2, 0) is 10.0 Å². The van der Waals surface area contributed by atoms with Crippen LogP contribution in [0.15, 0.2) is 11.0 Å². The minimum Gasteiger partial charge on any atom is -0.315 e. The summed E-state index contributed by atoms with van der Waals surface area (Å²) in [5.74, 6) is 0. The molecule has 20 heavy (non-hydrogen) atoms. The van der Waals surface area contributed by atoms with Crippen LogP contribution >= 0.6 is 0 Å². The molecule has 0 aromatic heterocycles. The molecule has 0 amide bonds. The summed E-state index contributed by atoms with van der Waals surface area (Å²) in [5, 5.41) is 3.18. The third-order valence-electron chi connectivity index (χ3n) is 3.59. The Morgan fingerprint density at radius 1 is 0.950 bits per heavy atom. The van der Waals surface area contributed by atoms with Gasteiger partial charge in [-0.05, 0) is 62.9 Å². The van der Waals surface area contributed by atoms with Crippen LogP contribution in [0.25, 0.3) is 0 Å². The number of hydrogen-bond acceptors (Lipinski definition) is 3. The molecule has 0 aliphatic carbocycles. The Balaban J connectivity index is 2.93. The first-order chi connectivity index (χ1) is 9.31. The fourth-order valence-electron chi connectivity index (χ4n) is 2.23. The van der Waals surface area contributed by atoms with E-state index in [9.17, 15) is 8.42 Å². The van der Waals surface area contributed by atoms with Gasteiger partial charge in [-0.25, -0.2) is 13.1 Å². The molecule has 1 aromatic rings.